The van der Waals surface area contributed by atoms with Gasteiger partial charge in [0, 0.05) is 50.9 Å². The second kappa shape index (κ2) is 7.06. The summed E-state index contributed by atoms with van der Waals surface area (Å²) in [5, 5.41) is 12.1. The Morgan fingerprint density at radius 2 is 2.05 bits per heavy atom. The fourth-order valence-electron chi connectivity index (χ4n) is 2.53. The molecule has 1 aliphatic rings. The lowest BCUT2D eigenvalue weighted by molar-refractivity contribution is 0.0767. The molecule has 0 aromatic carbocycles. The van der Waals surface area contributed by atoms with Crippen molar-refractivity contribution in [2.24, 2.45) is 5.16 Å². The summed E-state index contributed by atoms with van der Waals surface area (Å²) in [5.41, 5.74) is 2.31. The van der Waals surface area contributed by atoms with E-state index in [9.17, 15) is 4.79 Å². The maximum Gasteiger partial charge on any atom is 0.272 e. The number of hydrogen-bond acceptors (Lipinski definition) is 5. The van der Waals surface area contributed by atoms with Crippen LogP contribution in [0, 0.1) is 0 Å². The van der Waals surface area contributed by atoms with Crippen LogP contribution in [-0.4, -0.2) is 52.9 Å². The SMILES string of the molecule is CCN(CC)C(=O)c1cc(N2CCC(=NO)CC2)ccn1. The molecule has 0 saturated carbocycles. The maximum absolute atomic E-state index is 12.3. The third-order valence-corrected chi connectivity index (χ3v) is 3.86. The quantitative estimate of drug-likeness (QED) is 0.680. The van der Waals surface area contributed by atoms with Gasteiger partial charge in [0.2, 0.25) is 0 Å². The number of anilines is 1. The van der Waals surface area contributed by atoms with Gasteiger partial charge in [0.15, 0.2) is 0 Å². The third-order valence-electron chi connectivity index (χ3n) is 3.86. The second-order valence-corrected chi connectivity index (χ2v) is 5.03. The first-order chi connectivity index (χ1) is 10.2. The standard InChI is InChI=1S/C15H22N4O2/c1-3-18(4-2)15(20)14-11-13(5-8-16-14)19-9-6-12(17-21)7-10-19/h5,8,11,21H,3-4,6-7,9-10H2,1-2H3. The average Bonchev–Trinajstić information content (AvgIpc) is 2.56. The van der Waals surface area contributed by atoms with Crippen LogP contribution in [0.1, 0.15) is 37.2 Å². The minimum absolute atomic E-state index is 0.0310. The van der Waals surface area contributed by atoms with E-state index in [0.29, 0.717) is 18.8 Å². The van der Waals surface area contributed by atoms with Crippen molar-refractivity contribution < 1.29 is 10.0 Å². The van der Waals surface area contributed by atoms with Crippen LogP contribution in [0.4, 0.5) is 5.69 Å². The zero-order valence-electron chi connectivity index (χ0n) is 12.6. The fourth-order valence-corrected chi connectivity index (χ4v) is 2.53. The summed E-state index contributed by atoms with van der Waals surface area (Å²) in [7, 11) is 0. The Morgan fingerprint density at radius 1 is 1.38 bits per heavy atom. The minimum Gasteiger partial charge on any atom is -0.411 e. The number of aromatic nitrogens is 1. The number of rotatable bonds is 4. The molecule has 21 heavy (non-hydrogen) atoms. The van der Waals surface area contributed by atoms with E-state index in [4.69, 9.17) is 5.21 Å². The van der Waals surface area contributed by atoms with Crippen LogP contribution in [0.25, 0.3) is 0 Å². The van der Waals surface area contributed by atoms with E-state index in [2.05, 4.69) is 15.0 Å². The number of amides is 1. The molecular formula is C15H22N4O2. The fraction of sp³-hybridized carbons (Fsp3) is 0.533. The summed E-state index contributed by atoms with van der Waals surface area (Å²) in [4.78, 5) is 20.5. The Bertz CT molecular complexity index is 516. The Hall–Kier alpha value is -2.11. The summed E-state index contributed by atoms with van der Waals surface area (Å²) in [6, 6.07) is 3.77. The number of piperidine rings is 1. The molecule has 2 rings (SSSR count). The first kappa shape index (κ1) is 15.3. The summed E-state index contributed by atoms with van der Waals surface area (Å²) >= 11 is 0. The van der Waals surface area contributed by atoms with Crippen LogP contribution in [0.15, 0.2) is 23.5 Å². The molecule has 6 heteroatoms. The van der Waals surface area contributed by atoms with Gasteiger partial charge in [0.05, 0.1) is 5.71 Å². The van der Waals surface area contributed by atoms with Crippen molar-refractivity contribution in [3.8, 4) is 0 Å². The lowest BCUT2D eigenvalue weighted by Gasteiger charge is -2.29. The number of carbonyl (C=O) groups excluding carboxylic acids is 1. The first-order valence-electron chi connectivity index (χ1n) is 7.39. The zero-order valence-corrected chi connectivity index (χ0v) is 12.6. The van der Waals surface area contributed by atoms with E-state index in [-0.39, 0.29) is 5.91 Å². The number of carbonyl (C=O) groups is 1. The van der Waals surface area contributed by atoms with Gasteiger partial charge in [-0.15, -0.1) is 0 Å². The molecule has 2 heterocycles. The van der Waals surface area contributed by atoms with Gasteiger partial charge in [0.25, 0.3) is 5.91 Å². The third kappa shape index (κ3) is 3.51. The lowest BCUT2D eigenvalue weighted by atomic mass is 10.1. The molecule has 114 valence electrons. The Labute approximate surface area is 125 Å². The molecule has 0 unspecified atom stereocenters. The molecule has 1 N–H and O–H groups in total. The van der Waals surface area contributed by atoms with Crippen molar-refractivity contribution in [3.63, 3.8) is 0 Å². The molecule has 1 aliphatic heterocycles. The van der Waals surface area contributed by atoms with Crippen molar-refractivity contribution >= 4 is 17.3 Å². The molecule has 1 saturated heterocycles. The lowest BCUT2D eigenvalue weighted by Crippen LogP contribution is -2.34. The van der Waals surface area contributed by atoms with Crippen LogP contribution in [0.2, 0.25) is 0 Å². The van der Waals surface area contributed by atoms with E-state index in [1.54, 1.807) is 11.1 Å². The van der Waals surface area contributed by atoms with Gasteiger partial charge in [-0.3, -0.25) is 9.78 Å². The predicted molar refractivity (Wildman–Crippen MR) is 82.2 cm³/mol. The summed E-state index contributed by atoms with van der Waals surface area (Å²) in [6.07, 6.45) is 3.18. The Kier molecular flexibility index (Phi) is 5.14. The highest BCUT2D eigenvalue weighted by Gasteiger charge is 2.19. The normalized spacial score (nSPS) is 15.0. The molecule has 1 aromatic rings. The van der Waals surface area contributed by atoms with Crippen LogP contribution in [-0.2, 0) is 0 Å². The van der Waals surface area contributed by atoms with Crippen molar-refractivity contribution in [2.45, 2.75) is 26.7 Å². The second-order valence-electron chi connectivity index (χ2n) is 5.03. The minimum atomic E-state index is -0.0310. The molecule has 6 nitrogen and oxygen atoms in total. The van der Waals surface area contributed by atoms with Crippen LogP contribution in [0.5, 0.6) is 0 Å². The summed E-state index contributed by atoms with van der Waals surface area (Å²) < 4.78 is 0. The maximum atomic E-state index is 12.3. The van der Waals surface area contributed by atoms with Gasteiger partial charge in [-0.25, -0.2) is 0 Å². The van der Waals surface area contributed by atoms with Gasteiger partial charge < -0.3 is 15.0 Å². The molecule has 1 amide bonds. The number of hydrogen-bond donors (Lipinski definition) is 1. The molecule has 1 aromatic heterocycles. The Balaban J connectivity index is 2.13. The molecule has 1 fully saturated rings. The van der Waals surface area contributed by atoms with Gasteiger partial charge in [-0.2, -0.15) is 0 Å². The molecule has 0 radical (unpaired) electrons. The van der Waals surface area contributed by atoms with Gasteiger partial charge in [-0.05, 0) is 26.0 Å². The van der Waals surface area contributed by atoms with E-state index in [1.807, 2.05) is 26.0 Å². The predicted octanol–water partition coefficient (Wildman–Crippen LogP) is 1.99. The van der Waals surface area contributed by atoms with Gasteiger partial charge in [0.1, 0.15) is 5.69 Å². The molecule has 0 aliphatic carbocycles. The van der Waals surface area contributed by atoms with Crippen molar-refractivity contribution in [1.29, 1.82) is 0 Å². The molecule has 0 spiro atoms. The molecular weight excluding hydrogens is 268 g/mol. The van der Waals surface area contributed by atoms with E-state index in [1.165, 1.54) is 0 Å². The number of nitrogens with zero attached hydrogens (tertiary/aromatic N) is 4. The zero-order chi connectivity index (χ0) is 15.2. The van der Waals surface area contributed by atoms with Crippen molar-refractivity contribution in [2.75, 3.05) is 31.1 Å². The largest absolute Gasteiger partial charge is 0.411 e. The van der Waals surface area contributed by atoms with Gasteiger partial charge >= 0.3 is 0 Å². The van der Waals surface area contributed by atoms with E-state index in [0.717, 1.165) is 37.3 Å². The average molecular weight is 290 g/mol. The Morgan fingerprint density at radius 3 is 2.62 bits per heavy atom. The number of pyridine rings is 1. The highest BCUT2D eigenvalue weighted by atomic mass is 16.4. The highest BCUT2D eigenvalue weighted by Crippen LogP contribution is 2.19. The van der Waals surface area contributed by atoms with Crippen LogP contribution < -0.4 is 4.90 Å². The van der Waals surface area contributed by atoms with E-state index >= 15 is 0 Å². The number of oxime groups is 1. The first-order valence-corrected chi connectivity index (χ1v) is 7.39. The van der Waals surface area contributed by atoms with Crippen molar-refractivity contribution in [3.05, 3.63) is 24.0 Å². The topological polar surface area (TPSA) is 69.0 Å². The van der Waals surface area contributed by atoms with Gasteiger partial charge in [-0.1, -0.05) is 5.16 Å². The summed E-state index contributed by atoms with van der Waals surface area (Å²) in [5.74, 6) is -0.0310. The van der Waals surface area contributed by atoms with Crippen LogP contribution in [0.3, 0.4) is 0 Å². The monoisotopic (exact) mass is 290 g/mol. The smallest absolute Gasteiger partial charge is 0.272 e. The van der Waals surface area contributed by atoms with E-state index < -0.39 is 0 Å². The molecule has 0 bridgehead atoms. The molecule has 0 atom stereocenters. The summed E-state index contributed by atoms with van der Waals surface area (Å²) in [6.45, 7) is 6.88. The highest BCUT2D eigenvalue weighted by molar-refractivity contribution is 5.93. The van der Waals surface area contributed by atoms with Crippen LogP contribution >= 0.6 is 0 Å². The van der Waals surface area contributed by atoms with Crippen molar-refractivity contribution in [1.82, 2.24) is 9.88 Å².